The van der Waals surface area contributed by atoms with Crippen molar-refractivity contribution in [1.29, 1.82) is 0 Å². The average Bonchev–Trinajstić information content (AvgIpc) is 2.66. The monoisotopic (exact) mass is 378 g/mol. The van der Waals surface area contributed by atoms with Gasteiger partial charge in [-0.05, 0) is 78.1 Å². The van der Waals surface area contributed by atoms with Gasteiger partial charge in [0.25, 0.3) is 0 Å². The molecule has 1 amide bonds. The van der Waals surface area contributed by atoms with Crippen LogP contribution in [0.1, 0.15) is 68.9 Å². The van der Waals surface area contributed by atoms with Gasteiger partial charge in [0, 0.05) is 16.9 Å². The van der Waals surface area contributed by atoms with Gasteiger partial charge in [-0.1, -0.05) is 33.8 Å². The minimum absolute atomic E-state index is 0.000938. The first-order chi connectivity index (χ1) is 13.1. The van der Waals surface area contributed by atoms with Gasteiger partial charge in [0.15, 0.2) is 5.78 Å². The van der Waals surface area contributed by atoms with E-state index in [0.29, 0.717) is 11.3 Å². The van der Waals surface area contributed by atoms with Gasteiger partial charge in [0.05, 0.1) is 6.54 Å². The Balaban J connectivity index is 2.12. The number of carbonyl (C=O) groups is 2. The molecule has 28 heavy (non-hydrogen) atoms. The van der Waals surface area contributed by atoms with Gasteiger partial charge in [0.1, 0.15) is 0 Å². The van der Waals surface area contributed by atoms with Crippen molar-refractivity contribution >= 4 is 23.1 Å². The summed E-state index contributed by atoms with van der Waals surface area (Å²) in [5, 5.41) is 0. The molecule has 1 aliphatic carbocycles. The standard InChI is InChI=1S/C24H30N2O2/c1-16(27)17-6-8-18(9-7-17)26(22(28)15-25)19-10-11-20-21(14-19)24(4,5)13-12-23(20,2)3/h6-11,14H,12-13,15,25H2,1-5H3. The third kappa shape index (κ3) is 3.61. The van der Waals surface area contributed by atoms with E-state index in [-0.39, 0.29) is 29.1 Å². The van der Waals surface area contributed by atoms with E-state index >= 15 is 0 Å². The summed E-state index contributed by atoms with van der Waals surface area (Å²) in [6, 6.07) is 13.4. The second-order valence-corrected chi connectivity index (χ2v) is 9.03. The number of hydrogen-bond donors (Lipinski definition) is 1. The number of Topliss-reactive ketones (excluding diaryl/α,β-unsaturated/α-hetero) is 1. The quantitative estimate of drug-likeness (QED) is 0.773. The Hall–Kier alpha value is -2.46. The van der Waals surface area contributed by atoms with Crippen LogP contribution in [0.3, 0.4) is 0 Å². The highest BCUT2D eigenvalue weighted by Crippen LogP contribution is 2.47. The molecule has 0 bridgehead atoms. The van der Waals surface area contributed by atoms with Crippen molar-refractivity contribution in [2.75, 3.05) is 11.4 Å². The van der Waals surface area contributed by atoms with E-state index in [1.807, 2.05) is 6.07 Å². The molecule has 0 saturated carbocycles. The smallest absolute Gasteiger partial charge is 0.245 e. The Morgan fingerprint density at radius 3 is 1.96 bits per heavy atom. The molecule has 0 radical (unpaired) electrons. The lowest BCUT2D eigenvalue weighted by molar-refractivity contribution is -0.116. The van der Waals surface area contributed by atoms with Crippen LogP contribution in [0.2, 0.25) is 0 Å². The van der Waals surface area contributed by atoms with Crippen molar-refractivity contribution in [3.63, 3.8) is 0 Å². The van der Waals surface area contributed by atoms with E-state index in [0.717, 1.165) is 18.5 Å². The van der Waals surface area contributed by atoms with E-state index in [4.69, 9.17) is 5.73 Å². The lowest BCUT2D eigenvalue weighted by atomic mass is 9.63. The summed E-state index contributed by atoms with van der Waals surface area (Å²) < 4.78 is 0. The fourth-order valence-corrected chi connectivity index (χ4v) is 4.09. The van der Waals surface area contributed by atoms with Gasteiger partial charge in [0.2, 0.25) is 5.91 Å². The van der Waals surface area contributed by atoms with Gasteiger partial charge < -0.3 is 5.73 Å². The first-order valence-electron chi connectivity index (χ1n) is 9.86. The predicted molar refractivity (Wildman–Crippen MR) is 114 cm³/mol. The fourth-order valence-electron chi connectivity index (χ4n) is 4.09. The number of hydrogen-bond acceptors (Lipinski definition) is 3. The summed E-state index contributed by atoms with van der Waals surface area (Å²) in [5.74, 6) is -0.176. The number of nitrogens with zero attached hydrogens (tertiary/aromatic N) is 1. The van der Waals surface area contributed by atoms with Crippen LogP contribution in [0.25, 0.3) is 0 Å². The van der Waals surface area contributed by atoms with Gasteiger partial charge >= 0.3 is 0 Å². The summed E-state index contributed by atoms with van der Waals surface area (Å²) in [5.41, 5.74) is 10.7. The molecule has 3 rings (SSSR count). The number of benzene rings is 2. The minimum Gasteiger partial charge on any atom is -0.322 e. The maximum Gasteiger partial charge on any atom is 0.245 e. The van der Waals surface area contributed by atoms with Crippen molar-refractivity contribution in [1.82, 2.24) is 0 Å². The Kier molecular flexibility index (Phi) is 5.20. The average molecular weight is 379 g/mol. The number of nitrogens with two attached hydrogens (primary N) is 1. The van der Waals surface area contributed by atoms with Gasteiger partial charge in [-0.15, -0.1) is 0 Å². The van der Waals surface area contributed by atoms with Crippen molar-refractivity contribution in [2.24, 2.45) is 5.73 Å². The number of carbonyl (C=O) groups excluding carboxylic acids is 2. The molecule has 2 aromatic rings. The predicted octanol–water partition coefficient (Wildman–Crippen LogP) is 4.86. The van der Waals surface area contributed by atoms with Crippen molar-refractivity contribution in [3.8, 4) is 0 Å². The maximum atomic E-state index is 12.7. The third-order valence-electron chi connectivity index (χ3n) is 6.05. The Morgan fingerprint density at radius 2 is 1.43 bits per heavy atom. The van der Waals surface area contributed by atoms with Gasteiger partial charge in [-0.2, -0.15) is 0 Å². The zero-order chi connectivity index (χ0) is 20.7. The maximum absolute atomic E-state index is 12.7. The van der Waals surface area contributed by atoms with Gasteiger partial charge in [-0.3, -0.25) is 14.5 Å². The molecule has 2 aromatic carbocycles. The normalized spacial score (nSPS) is 16.9. The molecule has 0 aromatic heterocycles. The molecule has 0 fully saturated rings. The zero-order valence-corrected chi connectivity index (χ0v) is 17.5. The molecule has 4 heteroatoms. The number of amides is 1. The molecular formula is C24H30N2O2. The first kappa shape index (κ1) is 20.3. The Labute approximate surface area is 167 Å². The largest absolute Gasteiger partial charge is 0.322 e. The van der Waals surface area contributed by atoms with Crippen molar-refractivity contribution in [2.45, 2.75) is 58.3 Å². The Bertz CT molecular complexity index is 911. The fraction of sp³-hybridized carbons (Fsp3) is 0.417. The van der Waals surface area contributed by atoms with E-state index < -0.39 is 0 Å². The molecule has 148 valence electrons. The van der Waals surface area contributed by atoms with Gasteiger partial charge in [-0.25, -0.2) is 0 Å². The molecule has 2 N–H and O–H groups in total. The van der Waals surface area contributed by atoms with Crippen molar-refractivity contribution < 1.29 is 9.59 Å². The van der Waals surface area contributed by atoms with Crippen LogP contribution < -0.4 is 10.6 Å². The molecule has 0 spiro atoms. The second-order valence-electron chi connectivity index (χ2n) is 9.03. The molecule has 0 saturated heterocycles. The molecule has 0 heterocycles. The molecule has 0 unspecified atom stereocenters. The highest BCUT2D eigenvalue weighted by Gasteiger charge is 2.37. The lowest BCUT2D eigenvalue weighted by Gasteiger charge is -2.42. The van der Waals surface area contributed by atoms with Crippen LogP contribution in [0, 0.1) is 0 Å². The zero-order valence-electron chi connectivity index (χ0n) is 17.5. The summed E-state index contributed by atoms with van der Waals surface area (Å²) in [4.78, 5) is 26.0. The number of rotatable bonds is 4. The van der Waals surface area contributed by atoms with E-state index in [9.17, 15) is 9.59 Å². The summed E-state index contributed by atoms with van der Waals surface area (Å²) in [6.45, 7) is 10.5. The van der Waals surface area contributed by atoms with E-state index in [1.54, 1.807) is 29.2 Å². The van der Waals surface area contributed by atoms with E-state index in [1.165, 1.54) is 18.1 Å². The minimum atomic E-state index is -0.177. The molecule has 1 aliphatic rings. The number of fused-ring (bicyclic) bond motifs is 1. The molecule has 4 nitrogen and oxygen atoms in total. The summed E-state index contributed by atoms with van der Waals surface area (Å²) in [7, 11) is 0. The molecule has 0 aliphatic heterocycles. The lowest BCUT2D eigenvalue weighted by Crippen LogP contribution is -2.35. The SMILES string of the molecule is CC(=O)c1ccc(N(C(=O)CN)c2ccc3c(c2)C(C)(C)CCC3(C)C)cc1. The van der Waals surface area contributed by atoms with Crippen LogP contribution in [-0.2, 0) is 15.6 Å². The van der Waals surface area contributed by atoms with Crippen LogP contribution in [0.4, 0.5) is 11.4 Å². The van der Waals surface area contributed by atoms with Crippen LogP contribution in [0.15, 0.2) is 42.5 Å². The highest BCUT2D eigenvalue weighted by molar-refractivity contribution is 6.02. The van der Waals surface area contributed by atoms with Crippen LogP contribution in [0.5, 0.6) is 0 Å². The van der Waals surface area contributed by atoms with Crippen molar-refractivity contribution in [3.05, 3.63) is 59.2 Å². The molecule has 0 atom stereocenters. The van der Waals surface area contributed by atoms with Crippen LogP contribution >= 0.6 is 0 Å². The summed E-state index contributed by atoms with van der Waals surface area (Å²) >= 11 is 0. The van der Waals surface area contributed by atoms with E-state index in [2.05, 4.69) is 39.8 Å². The number of ketones is 1. The Morgan fingerprint density at radius 1 is 0.893 bits per heavy atom. The molecular weight excluding hydrogens is 348 g/mol. The summed E-state index contributed by atoms with van der Waals surface area (Å²) in [6.07, 6.45) is 2.25. The third-order valence-corrected chi connectivity index (χ3v) is 6.05. The van der Waals surface area contributed by atoms with Crippen LogP contribution in [-0.4, -0.2) is 18.2 Å². The first-order valence-corrected chi connectivity index (χ1v) is 9.86. The number of anilines is 2. The highest BCUT2D eigenvalue weighted by atomic mass is 16.2. The topological polar surface area (TPSA) is 63.4 Å². The second kappa shape index (κ2) is 7.17.